The van der Waals surface area contributed by atoms with Crippen LogP contribution in [0.4, 0.5) is 0 Å². The Morgan fingerprint density at radius 3 is 2.42 bits per heavy atom. The summed E-state index contributed by atoms with van der Waals surface area (Å²) in [7, 11) is 0. The standard InChI is InChI=1S/C23H23ClN4O3/c1-16(29)27-10-12-28(13-11-27)23-25-21(22(30)26-23)14-17-4-8-20(9-5-17)31-15-18-2-6-19(24)7-3-18/h2-9,14H,10-13,15H2,1H3,(H,25,26,30). The lowest BCUT2D eigenvalue weighted by molar-refractivity contribution is -0.130. The number of rotatable bonds is 4. The molecule has 7 nitrogen and oxygen atoms in total. The lowest BCUT2D eigenvalue weighted by atomic mass is 10.2. The predicted octanol–water partition coefficient (Wildman–Crippen LogP) is 2.91. The first kappa shape index (κ1) is 20.9. The van der Waals surface area contributed by atoms with Crippen molar-refractivity contribution in [2.45, 2.75) is 13.5 Å². The highest BCUT2D eigenvalue weighted by atomic mass is 35.5. The smallest absolute Gasteiger partial charge is 0.276 e. The molecule has 2 aliphatic rings. The number of nitrogens with zero attached hydrogens (tertiary/aromatic N) is 3. The molecule has 0 aliphatic carbocycles. The summed E-state index contributed by atoms with van der Waals surface area (Å²) in [5.41, 5.74) is 2.25. The van der Waals surface area contributed by atoms with Crippen LogP contribution in [0.15, 0.2) is 59.2 Å². The number of nitrogens with one attached hydrogen (secondary N) is 1. The molecule has 31 heavy (non-hydrogen) atoms. The first-order chi connectivity index (χ1) is 15.0. The van der Waals surface area contributed by atoms with E-state index in [9.17, 15) is 9.59 Å². The Hall–Kier alpha value is -3.32. The molecule has 0 bridgehead atoms. The van der Waals surface area contributed by atoms with Crippen LogP contribution in [0, 0.1) is 0 Å². The SMILES string of the molecule is CC(=O)N1CCN(C2=NC(=Cc3ccc(OCc4ccc(Cl)cc4)cc3)C(=O)N2)CC1. The minimum absolute atomic E-state index is 0.0678. The Kier molecular flexibility index (Phi) is 6.23. The summed E-state index contributed by atoms with van der Waals surface area (Å²) in [6.07, 6.45) is 1.75. The first-order valence-corrected chi connectivity index (χ1v) is 10.5. The van der Waals surface area contributed by atoms with Crippen molar-refractivity contribution < 1.29 is 14.3 Å². The van der Waals surface area contributed by atoms with Crippen LogP contribution in [0.3, 0.4) is 0 Å². The van der Waals surface area contributed by atoms with Gasteiger partial charge in [0.1, 0.15) is 18.1 Å². The molecule has 0 saturated carbocycles. The van der Waals surface area contributed by atoms with Crippen molar-refractivity contribution in [3.05, 3.63) is 70.4 Å². The van der Waals surface area contributed by atoms with Gasteiger partial charge in [0.25, 0.3) is 5.91 Å². The maximum atomic E-state index is 12.3. The average Bonchev–Trinajstić information content (AvgIpc) is 3.14. The lowest BCUT2D eigenvalue weighted by Crippen LogP contribution is -2.52. The summed E-state index contributed by atoms with van der Waals surface area (Å²) >= 11 is 5.90. The topological polar surface area (TPSA) is 74.2 Å². The molecule has 2 amide bonds. The van der Waals surface area contributed by atoms with Gasteiger partial charge in [-0.2, -0.15) is 0 Å². The van der Waals surface area contributed by atoms with Gasteiger partial charge in [-0.05, 0) is 41.5 Å². The third kappa shape index (κ3) is 5.24. The molecule has 0 radical (unpaired) electrons. The quantitative estimate of drug-likeness (QED) is 0.745. The van der Waals surface area contributed by atoms with Gasteiger partial charge in [0.15, 0.2) is 0 Å². The van der Waals surface area contributed by atoms with Crippen LogP contribution in [0.5, 0.6) is 5.75 Å². The summed E-state index contributed by atoms with van der Waals surface area (Å²) in [6.45, 7) is 4.56. The summed E-state index contributed by atoms with van der Waals surface area (Å²) < 4.78 is 5.79. The van der Waals surface area contributed by atoms with Crippen LogP contribution in [0.2, 0.25) is 5.02 Å². The molecular formula is C23H23ClN4O3. The minimum Gasteiger partial charge on any atom is -0.489 e. The monoisotopic (exact) mass is 438 g/mol. The van der Waals surface area contributed by atoms with Crippen molar-refractivity contribution in [3.8, 4) is 5.75 Å². The molecule has 4 rings (SSSR count). The van der Waals surface area contributed by atoms with E-state index in [-0.39, 0.29) is 11.8 Å². The van der Waals surface area contributed by atoms with Crippen LogP contribution in [0.25, 0.3) is 6.08 Å². The van der Waals surface area contributed by atoms with Gasteiger partial charge in [0.05, 0.1) is 0 Å². The van der Waals surface area contributed by atoms with Gasteiger partial charge in [-0.15, -0.1) is 0 Å². The molecule has 0 aromatic heterocycles. The zero-order valence-electron chi connectivity index (χ0n) is 17.2. The van der Waals surface area contributed by atoms with Crippen molar-refractivity contribution in [3.63, 3.8) is 0 Å². The van der Waals surface area contributed by atoms with Crippen molar-refractivity contribution in [1.82, 2.24) is 15.1 Å². The Labute approximate surface area is 186 Å². The molecule has 1 fully saturated rings. The zero-order valence-corrected chi connectivity index (χ0v) is 17.9. The molecule has 8 heteroatoms. The number of benzene rings is 2. The molecule has 1 saturated heterocycles. The number of carbonyl (C=O) groups is 2. The predicted molar refractivity (Wildman–Crippen MR) is 120 cm³/mol. The second kappa shape index (κ2) is 9.22. The van der Waals surface area contributed by atoms with Crippen LogP contribution in [-0.2, 0) is 16.2 Å². The van der Waals surface area contributed by atoms with E-state index in [4.69, 9.17) is 16.3 Å². The highest BCUT2D eigenvalue weighted by Gasteiger charge is 2.27. The van der Waals surface area contributed by atoms with E-state index in [0.29, 0.717) is 49.5 Å². The van der Waals surface area contributed by atoms with E-state index in [1.54, 1.807) is 17.9 Å². The van der Waals surface area contributed by atoms with Gasteiger partial charge in [-0.25, -0.2) is 4.99 Å². The van der Waals surface area contributed by atoms with E-state index in [0.717, 1.165) is 16.9 Å². The molecule has 0 atom stereocenters. The van der Waals surface area contributed by atoms with Crippen molar-refractivity contribution >= 4 is 35.5 Å². The molecule has 2 aromatic rings. The Morgan fingerprint density at radius 2 is 1.77 bits per heavy atom. The van der Waals surface area contributed by atoms with Gasteiger partial charge in [-0.1, -0.05) is 35.9 Å². The summed E-state index contributed by atoms with van der Waals surface area (Å²) in [4.78, 5) is 32.0. The van der Waals surface area contributed by atoms with Crippen LogP contribution in [-0.4, -0.2) is 53.8 Å². The fourth-order valence-electron chi connectivity index (χ4n) is 3.40. The second-order valence-electron chi connectivity index (χ2n) is 7.40. The summed E-state index contributed by atoms with van der Waals surface area (Å²) in [6, 6.07) is 15.0. The fraction of sp³-hybridized carbons (Fsp3) is 0.261. The van der Waals surface area contributed by atoms with Crippen LogP contribution >= 0.6 is 11.6 Å². The highest BCUT2D eigenvalue weighted by molar-refractivity contribution is 6.30. The Bertz CT molecular complexity index is 1020. The largest absolute Gasteiger partial charge is 0.489 e. The third-order valence-electron chi connectivity index (χ3n) is 5.21. The Morgan fingerprint density at radius 1 is 1.10 bits per heavy atom. The van der Waals surface area contributed by atoms with Crippen LogP contribution < -0.4 is 10.1 Å². The normalized spacial score (nSPS) is 17.5. The van der Waals surface area contributed by atoms with E-state index in [1.807, 2.05) is 53.4 Å². The maximum absolute atomic E-state index is 12.3. The van der Waals surface area contributed by atoms with Gasteiger partial charge < -0.3 is 14.5 Å². The molecule has 1 N–H and O–H groups in total. The van der Waals surface area contributed by atoms with Gasteiger partial charge in [-0.3, -0.25) is 14.9 Å². The van der Waals surface area contributed by atoms with Gasteiger partial charge >= 0.3 is 0 Å². The van der Waals surface area contributed by atoms with Gasteiger partial charge in [0.2, 0.25) is 11.9 Å². The summed E-state index contributed by atoms with van der Waals surface area (Å²) in [5.74, 6) is 1.12. The van der Waals surface area contributed by atoms with Crippen molar-refractivity contribution in [2.24, 2.45) is 4.99 Å². The zero-order chi connectivity index (χ0) is 21.8. The number of hydrogen-bond donors (Lipinski definition) is 1. The number of halogens is 1. The number of hydrogen-bond acceptors (Lipinski definition) is 5. The second-order valence-corrected chi connectivity index (χ2v) is 7.83. The third-order valence-corrected chi connectivity index (χ3v) is 5.46. The van der Waals surface area contributed by atoms with E-state index in [2.05, 4.69) is 10.3 Å². The minimum atomic E-state index is -0.230. The molecule has 2 aromatic carbocycles. The number of piperazine rings is 1. The number of amides is 2. The molecule has 160 valence electrons. The van der Waals surface area contributed by atoms with E-state index < -0.39 is 0 Å². The fourth-order valence-corrected chi connectivity index (χ4v) is 3.53. The van der Waals surface area contributed by atoms with E-state index in [1.165, 1.54) is 0 Å². The summed E-state index contributed by atoms with van der Waals surface area (Å²) in [5, 5.41) is 3.52. The number of guanidine groups is 1. The first-order valence-electron chi connectivity index (χ1n) is 10.1. The van der Waals surface area contributed by atoms with Crippen molar-refractivity contribution in [2.75, 3.05) is 26.2 Å². The highest BCUT2D eigenvalue weighted by Crippen LogP contribution is 2.19. The van der Waals surface area contributed by atoms with Crippen molar-refractivity contribution in [1.29, 1.82) is 0 Å². The number of carbonyl (C=O) groups excluding carboxylic acids is 2. The Balaban J connectivity index is 1.37. The molecule has 2 heterocycles. The number of ether oxygens (including phenoxy) is 1. The lowest BCUT2D eigenvalue weighted by Gasteiger charge is -2.34. The average molecular weight is 439 g/mol. The number of aliphatic imine (C=N–C) groups is 1. The molecule has 2 aliphatic heterocycles. The molecule has 0 unspecified atom stereocenters. The maximum Gasteiger partial charge on any atom is 0.276 e. The van der Waals surface area contributed by atoms with E-state index >= 15 is 0 Å². The molecular weight excluding hydrogens is 416 g/mol. The molecule has 0 spiro atoms. The van der Waals surface area contributed by atoms with Crippen LogP contribution in [0.1, 0.15) is 18.1 Å². The van der Waals surface area contributed by atoms with Gasteiger partial charge in [0, 0.05) is 38.1 Å².